The molecule has 0 atom stereocenters. The highest BCUT2D eigenvalue weighted by molar-refractivity contribution is 5.89. The van der Waals surface area contributed by atoms with E-state index < -0.39 is 17.4 Å². The van der Waals surface area contributed by atoms with Crippen molar-refractivity contribution in [1.29, 1.82) is 0 Å². The zero-order valence-corrected chi connectivity index (χ0v) is 12.7. The number of carbonyl (C=O) groups is 2. The molecule has 0 spiro atoms. The van der Waals surface area contributed by atoms with Crippen molar-refractivity contribution in [3.8, 4) is 11.5 Å². The van der Waals surface area contributed by atoms with Crippen molar-refractivity contribution >= 4 is 22.8 Å². The molecule has 1 aromatic carbocycles. The number of primary amides is 2. The summed E-state index contributed by atoms with van der Waals surface area (Å²) in [5.74, 6) is -0.855. The summed E-state index contributed by atoms with van der Waals surface area (Å²) in [6.45, 7) is 2.65. The molecular weight excluding hydrogens is 304 g/mol. The first-order chi connectivity index (χ1) is 10.8. The lowest BCUT2D eigenvalue weighted by atomic mass is 10.1. The van der Waals surface area contributed by atoms with Crippen molar-refractivity contribution in [1.82, 2.24) is 0 Å². The van der Waals surface area contributed by atoms with Gasteiger partial charge in [-0.25, -0.2) is 4.79 Å². The first-order valence-corrected chi connectivity index (χ1v) is 6.70. The van der Waals surface area contributed by atoms with Gasteiger partial charge >= 0.3 is 5.63 Å². The lowest BCUT2D eigenvalue weighted by Crippen LogP contribution is -2.21. The highest BCUT2D eigenvalue weighted by atomic mass is 16.5. The molecule has 0 aliphatic carbocycles. The fourth-order valence-electron chi connectivity index (χ4n) is 2.03. The highest BCUT2D eigenvalue weighted by Gasteiger charge is 2.15. The Morgan fingerprint density at radius 3 is 2.26 bits per heavy atom. The van der Waals surface area contributed by atoms with Gasteiger partial charge < -0.3 is 25.4 Å². The van der Waals surface area contributed by atoms with Crippen molar-refractivity contribution in [2.24, 2.45) is 11.5 Å². The number of nitrogens with two attached hydrogens (primary N) is 2. The van der Waals surface area contributed by atoms with E-state index >= 15 is 0 Å². The molecule has 0 fully saturated rings. The molecule has 0 aliphatic heterocycles. The maximum atomic E-state index is 11.8. The molecule has 2 rings (SSSR count). The second kappa shape index (κ2) is 6.39. The monoisotopic (exact) mass is 320 g/mol. The van der Waals surface area contributed by atoms with Gasteiger partial charge in [0.05, 0.1) is 5.39 Å². The number of aryl methyl sites for hydroxylation is 1. The van der Waals surface area contributed by atoms with Crippen LogP contribution < -0.4 is 26.6 Å². The van der Waals surface area contributed by atoms with E-state index in [1.807, 2.05) is 0 Å². The predicted molar refractivity (Wildman–Crippen MR) is 81.3 cm³/mol. The minimum Gasteiger partial charge on any atom is -0.484 e. The van der Waals surface area contributed by atoms with Crippen LogP contribution in [0, 0.1) is 13.8 Å². The summed E-state index contributed by atoms with van der Waals surface area (Å²) in [6.07, 6.45) is 0. The Kier molecular flexibility index (Phi) is 4.54. The fraction of sp³-hybridized carbons (Fsp3) is 0.267. The van der Waals surface area contributed by atoms with E-state index in [0.29, 0.717) is 16.5 Å². The SMILES string of the molecule is Cc1c(C)c2c(OCC(N)=O)cc(OCC(N)=O)cc2oc1=O. The van der Waals surface area contributed by atoms with Crippen LogP contribution in [0.1, 0.15) is 11.1 Å². The number of benzene rings is 1. The largest absolute Gasteiger partial charge is 0.484 e. The molecule has 0 bridgehead atoms. The second-order valence-electron chi connectivity index (χ2n) is 4.94. The number of carbonyl (C=O) groups excluding carboxylic acids is 2. The van der Waals surface area contributed by atoms with Crippen molar-refractivity contribution in [3.05, 3.63) is 33.7 Å². The van der Waals surface area contributed by atoms with Gasteiger partial charge in [0.25, 0.3) is 11.8 Å². The molecule has 122 valence electrons. The molecule has 1 aromatic heterocycles. The van der Waals surface area contributed by atoms with Crippen molar-refractivity contribution in [2.45, 2.75) is 13.8 Å². The first-order valence-electron chi connectivity index (χ1n) is 6.70. The summed E-state index contributed by atoms with van der Waals surface area (Å²) in [5, 5.41) is 0.523. The molecule has 8 nitrogen and oxygen atoms in total. The second-order valence-corrected chi connectivity index (χ2v) is 4.94. The Morgan fingerprint density at radius 1 is 1.04 bits per heavy atom. The third-order valence-electron chi connectivity index (χ3n) is 3.24. The van der Waals surface area contributed by atoms with Gasteiger partial charge in [-0.05, 0) is 19.4 Å². The Morgan fingerprint density at radius 2 is 1.65 bits per heavy atom. The number of ether oxygens (including phenoxy) is 2. The summed E-state index contributed by atoms with van der Waals surface area (Å²) in [5.41, 5.74) is 10.9. The molecule has 0 aliphatic rings. The lowest BCUT2D eigenvalue weighted by Gasteiger charge is -2.13. The van der Waals surface area contributed by atoms with Crippen LogP contribution in [-0.2, 0) is 9.59 Å². The summed E-state index contributed by atoms with van der Waals surface area (Å²) in [7, 11) is 0. The zero-order valence-electron chi connectivity index (χ0n) is 12.7. The maximum Gasteiger partial charge on any atom is 0.339 e. The molecule has 2 amide bonds. The number of fused-ring (bicyclic) bond motifs is 1. The maximum absolute atomic E-state index is 11.8. The molecule has 8 heteroatoms. The van der Waals surface area contributed by atoms with Crippen LogP contribution in [0.15, 0.2) is 21.3 Å². The average molecular weight is 320 g/mol. The third kappa shape index (κ3) is 3.60. The molecular formula is C15H16N2O6. The van der Waals surface area contributed by atoms with E-state index in [2.05, 4.69) is 0 Å². The zero-order chi connectivity index (χ0) is 17.1. The molecule has 2 aromatic rings. The molecule has 0 saturated carbocycles. The van der Waals surface area contributed by atoms with Crippen LogP contribution in [0.25, 0.3) is 11.0 Å². The van der Waals surface area contributed by atoms with Crippen LogP contribution in [0.3, 0.4) is 0 Å². The summed E-state index contributed by atoms with van der Waals surface area (Å²) < 4.78 is 15.8. The lowest BCUT2D eigenvalue weighted by molar-refractivity contribution is -0.120. The van der Waals surface area contributed by atoms with Gasteiger partial charge in [0, 0.05) is 17.7 Å². The van der Waals surface area contributed by atoms with Gasteiger partial charge in [0.2, 0.25) is 0 Å². The molecule has 1 heterocycles. The van der Waals surface area contributed by atoms with E-state index in [1.54, 1.807) is 13.8 Å². The molecule has 4 N–H and O–H groups in total. The number of hydrogen-bond acceptors (Lipinski definition) is 6. The Bertz CT molecular complexity index is 840. The standard InChI is InChI=1S/C15H16N2O6/c1-7-8(2)15(20)23-11-4-9(21-5-12(16)18)3-10(14(7)11)22-6-13(17)19/h3-4H,5-6H2,1-2H3,(H2,16,18)(H2,17,19). The van der Waals surface area contributed by atoms with Crippen LogP contribution in [0.5, 0.6) is 11.5 Å². The quantitative estimate of drug-likeness (QED) is 0.727. The molecule has 0 saturated heterocycles. The minimum atomic E-state index is -0.661. The highest BCUT2D eigenvalue weighted by Crippen LogP contribution is 2.33. The smallest absolute Gasteiger partial charge is 0.339 e. The van der Waals surface area contributed by atoms with Crippen molar-refractivity contribution < 1.29 is 23.5 Å². The topological polar surface area (TPSA) is 135 Å². The Labute approximate surface area is 130 Å². The minimum absolute atomic E-state index is 0.208. The van der Waals surface area contributed by atoms with E-state index in [9.17, 15) is 14.4 Å². The van der Waals surface area contributed by atoms with Gasteiger partial charge in [-0.15, -0.1) is 0 Å². The van der Waals surface area contributed by atoms with Gasteiger partial charge in [-0.2, -0.15) is 0 Å². The summed E-state index contributed by atoms with van der Waals surface area (Å²) in [6, 6.07) is 2.92. The Balaban J connectivity index is 2.60. The number of hydrogen-bond donors (Lipinski definition) is 2. The van der Waals surface area contributed by atoms with E-state index in [1.165, 1.54) is 12.1 Å². The molecule has 0 unspecified atom stereocenters. The fourth-order valence-corrected chi connectivity index (χ4v) is 2.03. The number of rotatable bonds is 6. The normalized spacial score (nSPS) is 10.5. The van der Waals surface area contributed by atoms with Crippen LogP contribution >= 0.6 is 0 Å². The van der Waals surface area contributed by atoms with E-state index in [0.717, 1.165) is 0 Å². The molecule has 23 heavy (non-hydrogen) atoms. The van der Waals surface area contributed by atoms with Crippen molar-refractivity contribution in [3.63, 3.8) is 0 Å². The van der Waals surface area contributed by atoms with Crippen molar-refractivity contribution in [2.75, 3.05) is 13.2 Å². The van der Waals surface area contributed by atoms with Gasteiger partial charge in [-0.3, -0.25) is 9.59 Å². The van der Waals surface area contributed by atoms with E-state index in [-0.39, 0.29) is 30.3 Å². The Hall–Kier alpha value is -3.03. The van der Waals surface area contributed by atoms with Crippen LogP contribution in [0.2, 0.25) is 0 Å². The summed E-state index contributed by atoms with van der Waals surface area (Å²) in [4.78, 5) is 33.6. The van der Waals surface area contributed by atoms with Gasteiger partial charge in [-0.1, -0.05) is 0 Å². The number of amides is 2. The third-order valence-corrected chi connectivity index (χ3v) is 3.24. The van der Waals surface area contributed by atoms with Gasteiger partial charge in [0.15, 0.2) is 13.2 Å². The van der Waals surface area contributed by atoms with Crippen LogP contribution in [0.4, 0.5) is 0 Å². The van der Waals surface area contributed by atoms with Gasteiger partial charge in [0.1, 0.15) is 17.1 Å². The van der Waals surface area contributed by atoms with Crippen LogP contribution in [-0.4, -0.2) is 25.0 Å². The average Bonchev–Trinajstić information content (AvgIpc) is 2.48. The molecule has 0 radical (unpaired) electrons. The first kappa shape index (κ1) is 16.3. The van der Waals surface area contributed by atoms with E-state index in [4.69, 9.17) is 25.4 Å². The summed E-state index contributed by atoms with van der Waals surface area (Å²) >= 11 is 0. The predicted octanol–water partition coefficient (Wildman–Crippen LogP) is 0.138.